The fraction of sp³-hybridized carbons (Fsp3) is 0.882. The number of hydrogen-bond acceptors (Lipinski definition) is 3. The molecular formula is C17H29NO3. The summed E-state index contributed by atoms with van der Waals surface area (Å²) >= 11 is 0. The molecule has 1 aliphatic heterocycles. The standard InChI is InChI=1S/C17H29NO3/c1-12(19)18-11-5-6-15(18)16(20)21-14-9-7-13(8-10-14)17(2,3)4/h13-15H,5-11H2,1-4H3/t13?,14?,15-/m1/s1. The molecule has 1 amide bonds. The number of rotatable bonds is 2. The highest BCUT2D eigenvalue weighted by Crippen LogP contribution is 2.38. The summed E-state index contributed by atoms with van der Waals surface area (Å²) in [6.07, 6.45) is 5.86. The van der Waals surface area contributed by atoms with Gasteiger partial charge in [0.15, 0.2) is 0 Å². The first kappa shape index (κ1) is 16.3. The van der Waals surface area contributed by atoms with Crippen molar-refractivity contribution in [3.63, 3.8) is 0 Å². The lowest BCUT2D eigenvalue weighted by atomic mass is 9.72. The van der Waals surface area contributed by atoms with E-state index in [0.717, 1.165) is 38.5 Å². The van der Waals surface area contributed by atoms with Crippen LogP contribution in [0, 0.1) is 11.3 Å². The SMILES string of the molecule is CC(=O)N1CCC[C@@H]1C(=O)OC1CCC(C(C)(C)C)CC1. The van der Waals surface area contributed by atoms with E-state index in [0.29, 0.717) is 17.9 Å². The number of carbonyl (C=O) groups is 2. The van der Waals surface area contributed by atoms with E-state index in [2.05, 4.69) is 20.8 Å². The van der Waals surface area contributed by atoms with Gasteiger partial charge in [-0.1, -0.05) is 20.8 Å². The van der Waals surface area contributed by atoms with E-state index in [-0.39, 0.29) is 24.0 Å². The van der Waals surface area contributed by atoms with E-state index in [9.17, 15) is 9.59 Å². The second kappa shape index (κ2) is 6.37. The normalized spacial score (nSPS) is 30.3. The van der Waals surface area contributed by atoms with E-state index < -0.39 is 0 Å². The van der Waals surface area contributed by atoms with E-state index in [1.807, 2.05) is 0 Å². The van der Waals surface area contributed by atoms with E-state index >= 15 is 0 Å². The summed E-state index contributed by atoms with van der Waals surface area (Å²) in [6.45, 7) is 9.07. The average molecular weight is 295 g/mol. The van der Waals surface area contributed by atoms with Crippen molar-refractivity contribution in [1.82, 2.24) is 4.90 Å². The average Bonchev–Trinajstić information content (AvgIpc) is 2.87. The van der Waals surface area contributed by atoms with Crippen LogP contribution in [0.25, 0.3) is 0 Å². The Morgan fingerprint density at radius 3 is 2.19 bits per heavy atom. The van der Waals surface area contributed by atoms with Crippen LogP contribution in [0.1, 0.15) is 66.2 Å². The van der Waals surface area contributed by atoms with Crippen LogP contribution in [-0.2, 0) is 14.3 Å². The van der Waals surface area contributed by atoms with Gasteiger partial charge in [-0.3, -0.25) is 4.79 Å². The Labute approximate surface area is 128 Å². The Hall–Kier alpha value is -1.06. The third-order valence-corrected chi connectivity index (χ3v) is 5.11. The molecule has 1 saturated heterocycles. The van der Waals surface area contributed by atoms with Gasteiger partial charge in [-0.2, -0.15) is 0 Å². The largest absolute Gasteiger partial charge is 0.461 e. The van der Waals surface area contributed by atoms with Gasteiger partial charge in [-0.05, 0) is 49.9 Å². The second-order valence-electron chi connectivity index (χ2n) is 7.65. The molecule has 4 heteroatoms. The molecule has 1 saturated carbocycles. The van der Waals surface area contributed by atoms with Crippen molar-refractivity contribution in [3.05, 3.63) is 0 Å². The van der Waals surface area contributed by atoms with Crippen LogP contribution in [0.5, 0.6) is 0 Å². The van der Waals surface area contributed by atoms with Crippen molar-refractivity contribution >= 4 is 11.9 Å². The monoisotopic (exact) mass is 295 g/mol. The maximum atomic E-state index is 12.3. The minimum atomic E-state index is -0.345. The maximum Gasteiger partial charge on any atom is 0.329 e. The summed E-state index contributed by atoms with van der Waals surface area (Å²) in [5, 5.41) is 0. The summed E-state index contributed by atoms with van der Waals surface area (Å²) in [5.41, 5.74) is 0.339. The zero-order valence-corrected chi connectivity index (χ0v) is 13.9. The predicted molar refractivity (Wildman–Crippen MR) is 81.7 cm³/mol. The zero-order valence-electron chi connectivity index (χ0n) is 13.9. The number of amides is 1. The lowest BCUT2D eigenvalue weighted by molar-refractivity contribution is -0.159. The number of esters is 1. The highest BCUT2D eigenvalue weighted by Gasteiger charge is 2.36. The predicted octanol–water partition coefficient (Wildman–Crippen LogP) is 3.15. The Morgan fingerprint density at radius 1 is 1.05 bits per heavy atom. The number of hydrogen-bond donors (Lipinski definition) is 0. The molecule has 2 rings (SSSR count). The van der Waals surface area contributed by atoms with Gasteiger partial charge >= 0.3 is 5.97 Å². The topological polar surface area (TPSA) is 46.6 Å². The van der Waals surface area contributed by atoms with Crippen molar-refractivity contribution in [1.29, 1.82) is 0 Å². The van der Waals surface area contributed by atoms with Gasteiger partial charge in [0.2, 0.25) is 5.91 Å². The van der Waals surface area contributed by atoms with Gasteiger partial charge < -0.3 is 9.64 Å². The van der Waals surface area contributed by atoms with E-state index in [4.69, 9.17) is 4.74 Å². The summed E-state index contributed by atoms with van der Waals surface area (Å²) in [4.78, 5) is 25.5. The van der Waals surface area contributed by atoms with Gasteiger partial charge in [0.1, 0.15) is 12.1 Å². The molecule has 0 bridgehead atoms. The molecule has 1 heterocycles. The number of nitrogens with zero attached hydrogens (tertiary/aromatic N) is 1. The summed E-state index contributed by atoms with van der Waals surface area (Å²) in [7, 11) is 0. The summed E-state index contributed by atoms with van der Waals surface area (Å²) in [6, 6.07) is -0.345. The molecule has 0 radical (unpaired) electrons. The van der Waals surface area contributed by atoms with E-state index in [1.54, 1.807) is 4.90 Å². The van der Waals surface area contributed by atoms with E-state index in [1.165, 1.54) is 6.92 Å². The first-order chi connectivity index (χ1) is 9.79. The molecule has 0 unspecified atom stereocenters. The van der Waals surface area contributed by atoms with Crippen LogP contribution in [0.2, 0.25) is 0 Å². The molecule has 1 atom stereocenters. The van der Waals surface area contributed by atoms with Gasteiger partial charge in [0, 0.05) is 13.5 Å². The molecule has 1 aliphatic carbocycles. The quantitative estimate of drug-likeness (QED) is 0.735. The summed E-state index contributed by atoms with van der Waals surface area (Å²) in [5.74, 6) is 0.500. The molecular weight excluding hydrogens is 266 g/mol. The van der Waals surface area contributed by atoms with Crippen LogP contribution in [0.4, 0.5) is 0 Å². The van der Waals surface area contributed by atoms with Gasteiger partial charge in [0.25, 0.3) is 0 Å². The van der Waals surface area contributed by atoms with Gasteiger partial charge in [-0.15, -0.1) is 0 Å². The highest BCUT2D eigenvalue weighted by atomic mass is 16.5. The molecule has 0 aromatic carbocycles. The minimum absolute atomic E-state index is 0.0223. The van der Waals surface area contributed by atoms with Crippen LogP contribution >= 0.6 is 0 Å². The Morgan fingerprint density at radius 2 is 1.67 bits per heavy atom. The van der Waals surface area contributed by atoms with Crippen LogP contribution in [0.3, 0.4) is 0 Å². The number of likely N-dealkylation sites (tertiary alicyclic amines) is 1. The molecule has 0 aromatic heterocycles. The smallest absolute Gasteiger partial charge is 0.329 e. The van der Waals surface area contributed by atoms with Crippen LogP contribution < -0.4 is 0 Å². The third kappa shape index (κ3) is 3.98. The molecule has 0 spiro atoms. The van der Waals surface area contributed by atoms with Crippen molar-refractivity contribution in [3.8, 4) is 0 Å². The lowest BCUT2D eigenvalue weighted by Crippen LogP contribution is -2.42. The summed E-state index contributed by atoms with van der Waals surface area (Å²) < 4.78 is 5.68. The van der Waals surface area contributed by atoms with Gasteiger partial charge in [0.05, 0.1) is 0 Å². The Bertz CT molecular complexity index is 391. The molecule has 0 aromatic rings. The number of ether oxygens (including phenoxy) is 1. The second-order valence-corrected chi connectivity index (χ2v) is 7.65. The van der Waals surface area contributed by atoms with Crippen molar-refractivity contribution in [2.75, 3.05) is 6.54 Å². The molecule has 21 heavy (non-hydrogen) atoms. The molecule has 2 aliphatic rings. The molecule has 2 fully saturated rings. The van der Waals surface area contributed by atoms with Crippen molar-refractivity contribution in [2.24, 2.45) is 11.3 Å². The molecule has 120 valence electrons. The van der Waals surface area contributed by atoms with Crippen molar-refractivity contribution in [2.45, 2.75) is 78.4 Å². The fourth-order valence-corrected chi connectivity index (χ4v) is 3.68. The Balaban J connectivity index is 1.83. The van der Waals surface area contributed by atoms with Crippen LogP contribution in [0.15, 0.2) is 0 Å². The van der Waals surface area contributed by atoms with Crippen LogP contribution in [-0.4, -0.2) is 35.5 Å². The minimum Gasteiger partial charge on any atom is -0.461 e. The number of carbonyl (C=O) groups excluding carboxylic acids is 2. The van der Waals surface area contributed by atoms with Gasteiger partial charge in [-0.25, -0.2) is 4.79 Å². The fourth-order valence-electron chi connectivity index (χ4n) is 3.68. The lowest BCUT2D eigenvalue weighted by Gasteiger charge is -2.37. The third-order valence-electron chi connectivity index (χ3n) is 5.11. The molecule has 0 N–H and O–H groups in total. The Kier molecular flexibility index (Phi) is 4.95. The first-order valence-corrected chi connectivity index (χ1v) is 8.26. The first-order valence-electron chi connectivity index (χ1n) is 8.26. The van der Waals surface area contributed by atoms with Crippen molar-refractivity contribution < 1.29 is 14.3 Å². The highest BCUT2D eigenvalue weighted by molar-refractivity contribution is 5.84. The zero-order chi connectivity index (χ0) is 15.6. The molecule has 4 nitrogen and oxygen atoms in total. The maximum absolute atomic E-state index is 12.3.